The van der Waals surface area contributed by atoms with Gasteiger partial charge in [-0.05, 0) is 67.6 Å². The Morgan fingerprint density at radius 1 is 1.26 bits per heavy atom. The lowest BCUT2D eigenvalue weighted by Crippen LogP contribution is -2.43. The van der Waals surface area contributed by atoms with Crippen LogP contribution in [0.2, 0.25) is 0 Å². The highest BCUT2D eigenvalue weighted by atomic mass is 16.5. The molecule has 0 aliphatic carbocycles. The molecule has 3 heterocycles. The second-order valence-electron chi connectivity index (χ2n) is 9.57. The molecule has 0 amide bonds. The first kappa shape index (κ1) is 22.7. The fourth-order valence-electron chi connectivity index (χ4n) is 5.68. The van der Waals surface area contributed by atoms with Crippen molar-refractivity contribution in [2.75, 3.05) is 39.2 Å². The van der Waals surface area contributed by atoms with E-state index in [0.29, 0.717) is 23.1 Å². The Kier molecular flexibility index (Phi) is 6.23. The van der Waals surface area contributed by atoms with E-state index in [4.69, 9.17) is 9.47 Å². The number of piperidine rings is 1. The lowest BCUT2D eigenvalue weighted by Gasteiger charge is -2.44. The van der Waals surface area contributed by atoms with Crippen LogP contribution in [0.1, 0.15) is 45.9 Å². The molecule has 0 saturated carbocycles. The average Bonchev–Trinajstić information content (AvgIpc) is 3.30. The van der Waals surface area contributed by atoms with Crippen LogP contribution in [0.5, 0.6) is 5.75 Å². The number of methoxy groups -OCH3 is 1. The predicted octanol–water partition coefficient (Wildman–Crippen LogP) is 4.82. The van der Waals surface area contributed by atoms with Gasteiger partial charge in [-0.15, -0.1) is 0 Å². The van der Waals surface area contributed by atoms with Gasteiger partial charge in [0, 0.05) is 53.9 Å². The molecule has 7 nitrogen and oxygen atoms in total. The van der Waals surface area contributed by atoms with Gasteiger partial charge in [0.1, 0.15) is 5.75 Å². The maximum absolute atomic E-state index is 11.7. The van der Waals surface area contributed by atoms with Gasteiger partial charge >= 0.3 is 5.97 Å². The molecule has 2 aliphatic heterocycles. The molecule has 2 aliphatic rings. The summed E-state index contributed by atoms with van der Waals surface area (Å²) in [6, 6.07) is 10.2. The molecule has 0 radical (unpaired) electrons. The normalized spacial score (nSPS) is 21.4. The summed E-state index contributed by atoms with van der Waals surface area (Å²) in [6.07, 6.45) is 4.17. The number of ether oxygens (including phenoxy) is 2. The highest BCUT2D eigenvalue weighted by Gasteiger charge is 2.37. The Balaban J connectivity index is 1.52. The number of nitrogens with one attached hydrogen (secondary N) is 2. The number of rotatable bonds is 7. The van der Waals surface area contributed by atoms with E-state index >= 15 is 0 Å². The molecule has 1 unspecified atom stereocenters. The summed E-state index contributed by atoms with van der Waals surface area (Å²) in [7, 11) is 3.51. The van der Waals surface area contributed by atoms with Gasteiger partial charge in [-0.3, -0.25) is 4.90 Å². The summed E-state index contributed by atoms with van der Waals surface area (Å²) in [5.41, 5.74) is 5.61. The molecule has 1 aromatic heterocycles. The number of hydrogen-bond acceptors (Lipinski definition) is 5. The fraction of sp³-hybridized carbons (Fsp3) is 0.444. The number of carboxylic acid groups (broad SMARTS) is 1. The quantitative estimate of drug-likeness (QED) is 0.466. The molecular weight excluding hydrogens is 430 g/mol. The molecule has 7 heteroatoms. The van der Waals surface area contributed by atoms with E-state index in [0.717, 1.165) is 56.0 Å². The number of likely N-dealkylation sites (tertiary alicyclic amines) is 1. The van der Waals surface area contributed by atoms with Crippen molar-refractivity contribution in [1.82, 2.24) is 9.88 Å². The first-order valence-electron chi connectivity index (χ1n) is 12.0. The zero-order chi connectivity index (χ0) is 23.8. The molecular formula is C27H33N3O4. The highest BCUT2D eigenvalue weighted by Crippen LogP contribution is 2.42. The standard InChI is InChI=1S/C27H33N3O4/c1-16-10-25(33-3)22(20-6-8-29-26(16)20)13-30-9-7-17(19-14-34-15-19)12-24(30)18-4-5-21(27(31)32)23(11-18)28-2/h4-6,8,10-11,17,19,24,28-29H,7,9,12-15H2,1-3H3,(H,31,32)/t17-,24?/m0/s1. The fourth-order valence-corrected chi connectivity index (χ4v) is 5.68. The maximum atomic E-state index is 11.7. The molecule has 2 saturated heterocycles. The third-order valence-corrected chi connectivity index (χ3v) is 7.71. The molecule has 2 aromatic carbocycles. The van der Waals surface area contributed by atoms with Crippen LogP contribution in [0.25, 0.3) is 10.9 Å². The summed E-state index contributed by atoms with van der Waals surface area (Å²) in [6.45, 7) is 5.55. The van der Waals surface area contributed by atoms with Crippen molar-refractivity contribution in [3.8, 4) is 5.75 Å². The molecule has 0 bridgehead atoms. The van der Waals surface area contributed by atoms with Gasteiger partial charge in [0.15, 0.2) is 0 Å². The van der Waals surface area contributed by atoms with Gasteiger partial charge in [-0.1, -0.05) is 6.07 Å². The lowest BCUT2D eigenvalue weighted by molar-refractivity contribution is -0.0800. The minimum absolute atomic E-state index is 0.189. The molecule has 180 valence electrons. The van der Waals surface area contributed by atoms with Crippen molar-refractivity contribution in [3.63, 3.8) is 0 Å². The van der Waals surface area contributed by atoms with Crippen LogP contribution in [-0.2, 0) is 11.3 Å². The number of aromatic carboxylic acids is 1. The van der Waals surface area contributed by atoms with E-state index < -0.39 is 5.97 Å². The number of fused-ring (bicyclic) bond motifs is 1. The number of nitrogens with zero attached hydrogens (tertiary/aromatic N) is 1. The third kappa shape index (κ3) is 4.03. The topological polar surface area (TPSA) is 86.8 Å². The molecule has 34 heavy (non-hydrogen) atoms. The van der Waals surface area contributed by atoms with Crippen LogP contribution in [0.4, 0.5) is 5.69 Å². The lowest BCUT2D eigenvalue weighted by atomic mass is 9.78. The first-order valence-corrected chi connectivity index (χ1v) is 12.0. The van der Waals surface area contributed by atoms with Crippen LogP contribution in [0, 0.1) is 18.8 Å². The number of carbonyl (C=O) groups is 1. The van der Waals surface area contributed by atoms with Crippen molar-refractivity contribution < 1.29 is 19.4 Å². The zero-order valence-electron chi connectivity index (χ0n) is 20.1. The van der Waals surface area contributed by atoms with Crippen molar-refractivity contribution in [3.05, 3.63) is 58.8 Å². The summed E-state index contributed by atoms with van der Waals surface area (Å²) in [5, 5.41) is 13.9. The SMILES string of the molecule is CNc1cc(C2C[C@@H](C3COC3)CCN2Cc2c(OC)cc(C)c3[nH]ccc23)ccc1C(=O)O. The molecule has 3 aromatic rings. The van der Waals surface area contributed by atoms with Gasteiger partial charge < -0.3 is 24.9 Å². The van der Waals surface area contributed by atoms with E-state index in [1.165, 1.54) is 16.5 Å². The van der Waals surface area contributed by atoms with Crippen LogP contribution in [0.3, 0.4) is 0 Å². The third-order valence-electron chi connectivity index (χ3n) is 7.71. The Morgan fingerprint density at radius 3 is 2.76 bits per heavy atom. The van der Waals surface area contributed by atoms with Crippen molar-refractivity contribution in [2.24, 2.45) is 11.8 Å². The summed E-state index contributed by atoms with van der Waals surface area (Å²) < 4.78 is 11.3. The molecule has 3 N–H and O–H groups in total. The largest absolute Gasteiger partial charge is 0.496 e. The van der Waals surface area contributed by atoms with Crippen molar-refractivity contribution in [2.45, 2.75) is 32.4 Å². The number of anilines is 1. The second-order valence-corrected chi connectivity index (χ2v) is 9.57. The number of H-pyrrole nitrogens is 1. The average molecular weight is 464 g/mol. The molecule has 0 spiro atoms. The van der Waals surface area contributed by atoms with Crippen LogP contribution >= 0.6 is 0 Å². The number of hydrogen-bond donors (Lipinski definition) is 3. The van der Waals surface area contributed by atoms with Crippen molar-refractivity contribution >= 4 is 22.6 Å². The highest BCUT2D eigenvalue weighted by molar-refractivity contribution is 5.94. The van der Waals surface area contributed by atoms with E-state index in [2.05, 4.69) is 34.3 Å². The maximum Gasteiger partial charge on any atom is 0.337 e. The van der Waals surface area contributed by atoms with E-state index in [1.807, 2.05) is 18.3 Å². The second kappa shape index (κ2) is 9.31. The molecule has 5 rings (SSSR count). The monoisotopic (exact) mass is 463 g/mol. The van der Waals surface area contributed by atoms with Gasteiger partial charge in [-0.25, -0.2) is 4.79 Å². The smallest absolute Gasteiger partial charge is 0.337 e. The Hall–Kier alpha value is -3.03. The van der Waals surface area contributed by atoms with Crippen LogP contribution in [-0.4, -0.2) is 54.9 Å². The Bertz CT molecular complexity index is 1200. The number of aryl methyl sites for hydroxylation is 1. The number of aromatic amines is 1. The number of benzene rings is 2. The minimum atomic E-state index is -0.917. The summed E-state index contributed by atoms with van der Waals surface area (Å²) in [5.74, 6) is 1.23. The van der Waals surface area contributed by atoms with Gasteiger partial charge in [0.25, 0.3) is 0 Å². The van der Waals surface area contributed by atoms with Crippen LogP contribution in [0.15, 0.2) is 36.5 Å². The van der Waals surface area contributed by atoms with E-state index in [-0.39, 0.29) is 6.04 Å². The van der Waals surface area contributed by atoms with Gasteiger partial charge in [0.2, 0.25) is 0 Å². The first-order chi connectivity index (χ1) is 16.5. The minimum Gasteiger partial charge on any atom is -0.496 e. The van der Waals surface area contributed by atoms with Crippen molar-refractivity contribution in [1.29, 1.82) is 0 Å². The summed E-state index contributed by atoms with van der Waals surface area (Å²) >= 11 is 0. The number of aromatic nitrogens is 1. The number of carboxylic acids is 1. The Labute approximate surface area is 200 Å². The van der Waals surface area contributed by atoms with E-state index in [1.54, 1.807) is 20.2 Å². The summed E-state index contributed by atoms with van der Waals surface area (Å²) in [4.78, 5) is 17.6. The van der Waals surface area contributed by atoms with E-state index in [9.17, 15) is 9.90 Å². The van der Waals surface area contributed by atoms with Crippen LogP contribution < -0.4 is 10.1 Å². The Morgan fingerprint density at radius 2 is 2.09 bits per heavy atom. The van der Waals surface area contributed by atoms with Gasteiger partial charge in [-0.2, -0.15) is 0 Å². The zero-order valence-corrected chi connectivity index (χ0v) is 20.1. The predicted molar refractivity (Wildman–Crippen MR) is 133 cm³/mol. The molecule has 2 fully saturated rings. The van der Waals surface area contributed by atoms with Gasteiger partial charge in [0.05, 0.1) is 25.9 Å². The molecule has 2 atom stereocenters.